The molecule has 0 aromatic rings. The number of halogens is 1. The lowest BCUT2D eigenvalue weighted by Crippen LogP contribution is -2.13. The quantitative estimate of drug-likeness (QED) is 0.317. The molecule has 9 heavy (non-hydrogen) atoms. The summed E-state index contributed by atoms with van der Waals surface area (Å²) in [5.74, 6) is 0. The SMILES string of the molecule is ON=C1CCC(Cl)CC1. The van der Waals surface area contributed by atoms with Crippen LogP contribution in [0.1, 0.15) is 25.7 Å². The molecule has 0 saturated heterocycles. The fourth-order valence-corrected chi connectivity index (χ4v) is 1.23. The summed E-state index contributed by atoms with van der Waals surface area (Å²) in [6, 6.07) is 0. The molecule has 1 saturated carbocycles. The fourth-order valence-electron chi connectivity index (χ4n) is 1.02. The van der Waals surface area contributed by atoms with Crippen molar-refractivity contribution in [3.63, 3.8) is 0 Å². The second-order valence-corrected chi connectivity index (χ2v) is 2.96. The van der Waals surface area contributed by atoms with E-state index in [0.717, 1.165) is 31.4 Å². The Labute approximate surface area is 59.5 Å². The summed E-state index contributed by atoms with van der Waals surface area (Å²) < 4.78 is 0. The van der Waals surface area contributed by atoms with Crippen molar-refractivity contribution in [2.45, 2.75) is 31.1 Å². The Morgan fingerprint density at radius 2 is 2.00 bits per heavy atom. The van der Waals surface area contributed by atoms with E-state index in [1.54, 1.807) is 0 Å². The molecule has 52 valence electrons. The standard InChI is InChI=1S/C6H10ClNO/c7-5-1-3-6(8-9)4-2-5/h5,9H,1-4H2. The van der Waals surface area contributed by atoms with Gasteiger partial charge in [-0.2, -0.15) is 0 Å². The van der Waals surface area contributed by atoms with E-state index in [2.05, 4.69) is 5.16 Å². The third-order valence-corrected chi connectivity index (χ3v) is 2.07. The van der Waals surface area contributed by atoms with E-state index in [0.29, 0.717) is 5.38 Å². The van der Waals surface area contributed by atoms with Crippen LogP contribution in [0.4, 0.5) is 0 Å². The Balaban J connectivity index is 2.35. The van der Waals surface area contributed by atoms with Crippen LogP contribution in [0, 0.1) is 0 Å². The lowest BCUT2D eigenvalue weighted by molar-refractivity contribution is 0.314. The second kappa shape index (κ2) is 3.06. The molecule has 0 aromatic carbocycles. The highest BCUT2D eigenvalue weighted by atomic mass is 35.5. The van der Waals surface area contributed by atoms with Crippen LogP contribution in [0.5, 0.6) is 0 Å². The Morgan fingerprint density at radius 1 is 1.44 bits per heavy atom. The normalized spacial score (nSPS) is 28.1. The predicted octanol–water partition coefficient (Wildman–Crippen LogP) is 2.00. The van der Waals surface area contributed by atoms with E-state index in [9.17, 15) is 0 Å². The van der Waals surface area contributed by atoms with Crippen LogP contribution < -0.4 is 0 Å². The third-order valence-electron chi connectivity index (χ3n) is 1.63. The van der Waals surface area contributed by atoms with Gasteiger partial charge in [0.1, 0.15) is 0 Å². The van der Waals surface area contributed by atoms with Gasteiger partial charge in [-0.25, -0.2) is 0 Å². The number of oxime groups is 1. The lowest BCUT2D eigenvalue weighted by Gasteiger charge is -2.15. The van der Waals surface area contributed by atoms with Crippen molar-refractivity contribution >= 4 is 17.3 Å². The number of hydrogen-bond acceptors (Lipinski definition) is 2. The molecule has 1 N–H and O–H groups in total. The molecule has 1 rings (SSSR count). The van der Waals surface area contributed by atoms with Gasteiger partial charge in [0.25, 0.3) is 0 Å². The molecular formula is C6H10ClNO. The van der Waals surface area contributed by atoms with Crippen molar-refractivity contribution in [1.29, 1.82) is 0 Å². The van der Waals surface area contributed by atoms with Crippen molar-refractivity contribution in [3.8, 4) is 0 Å². The van der Waals surface area contributed by atoms with Gasteiger partial charge in [0.15, 0.2) is 0 Å². The molecule has 0 heterocycles. The van der Waals surface area contributed by atoms with E-state index >= 15 is 0 Å². The van der Waals surface area contributed by atoms with Gasteiger partial charge >= 0.3 is 0 Å². The van der Waals surface area contributed by atoms with Gasteiger partial charge in [-0.1, -0.05) is 5.16 Å². The van der Waals surface area contributed by atoms with Gasteiger partial charge in [-0.3, -0.25) is 0 Å². The molecule has 0 unspecified atom stereocenters. The minimum absolute atomic E-state index is 0.301. The summed E-state index contributed by atoms with van der Waals surface area (Å²) in [5, 5.41) is 11.8. The first-order chi connectivity index (χ1) is 4.33. The van der Waals surface area contributed by atoms with Crippen LogP contribution >= 0.6 is 11.6 Å². The van der Waals surface area contributed by atoms with Crippen LogP contribution in [0.3, 0.4) is 0 Å². The van der Waals surface area contributed by atoms with Crippen LogP contribution in [0.2, 0.25) is 0 Å². The average Bonchev–Trinajstić information content (AvgIpc) is 1.90. The molecule has 0 aliphatic heterocycles. The van der Waals surface area contributed by atoms with Gasteiger partial charge in [-0.05, 0) is 25.7 Å². The molecule has 0 radical (unpaired) electrons. The van der Waals surface area contributed by atoms with Crippen LogP contribution in [-0.4, -0.2) is 16.3 Å². The molecule has 1 aliphatic carbocycles. The van der Waals surface area contributed by atoms with Crippen LogP contribution in [0.25, 0.3) is 0 Å². The monoisotopic (exact) mass is 147 g/mol. The Hall–Kier alpha value is -0.240. The van der Waals surface area contributed by atoms with Crippen LogP contribution in [0.15, 0.2) is 5.16 Å². The largest absolute Gasteiger partial charge is 0.411 e. The maximum Gasteiger partial charge on any atom is 0.0571 e. The first-order valence-electron chi connectivity index (χ1n) is 3.17. The Bertz CT molecular complexity index is 114. The minimum atomic E-state index is 0.301. The zero-order valence-corrected chi connectivity index (χ0v) is 5.93. The van der Waals surface area contributed by atoms with Crippen molar-refractivity contribution in [3.05, 3.63) is 0 Å². The maximum atomic E-state index is 8.32. The first kappa shape index (κ1) is 6.87. The molecule has 3 heteroatoms. The van der Waals surface area contributed by atoms with E-state index < -0.39 is 0 Å². The first-order valence-corrected chi connectivity index (χ1v) is 3.60. The maximum absolute atomic E-state index is 8.32. The number of rotatable bonds is 0. The van der Waals surface area contributed by atoms with Gasteiger partial charge < -0.3 is 5.21 Å². The van der Waals surface area contributed by atoms with Crippen molar-refractivity contribution in [2.75, 3.05) is 0 Å². The fraction of sp³-hybridized carbons (Fsp3) is 0.833. The number of nitrogens with zero attached hydrogens (tertiary/aromatic N) is 1. The molecule has 0 aromatic heterocycles. The predicted molar refractivity (Wildman–Crippen MR) is 37.3 cm³/mol. The van der Waals surface area contributed by atoms with E-state index in [-0.39, 0.29) is 0 Å². The zero-order chi connectivity index (χ0) is 6.69. The summed E-state index contributed by atoms with van der Waals surface area (Å²) >= 11 is 5.80. The van der Waals surface area contributed by atoms with Gasteiger partial charge in [-0.15, -0.1) is 11.6 Å². The molecule has 1 aliphatic rings. The molecule has 0 amide bonds. The summed E-state index contributed by atoms with van der Waals surface area (Å²) in [7, 11) is 0. The minimum Gasteiger partial charge on any atom is -0.411 e. The highest BCUT2D eigenvalue weighted by molar-refractivity contribution is 6.21. The Morgan fingerprint density at radius 3 is 2.44 bits per heavy atom. The molecule has 0 spiro atoms. The van der Waals surface area contributed by atoms with E-state index in [1.165, 1.54) is 0 Å². The summed E-state index contributed by atoms with van der Waals surface area (Å²) in [5.41, 5.74) is 0.895. The topological polar surface area (TPSA) is 32.6 Å². The number of hydrogen-bond donors (Lipinski definition) is 1. The summed E-state index contributed by atoms with van der Waals surface area (Å²) in [6.07, 6.45) is 3.65. The van der Waals surface area contributed by atoms with Gasteiger partial charge in [0.05, 0.1) is 5.71 Å². The smallest absolute Gasteiger partial charge is 0.0571 e. The molecular weight excluding hydrogens is 138 g/mol. The highest BCUT2D eigenvalue weighted by Crippen LogP contribution is 2.20. The Kier molecular flexibility index (Phi) is 2.34. The van der Waals surface area contributed by atoms with Crippen molar-refractivity contribution < 1.29 is 5.21 Å². The van der Waals surface area contributed by atoms with E-state index in [1.807, 2.05) is 0 Å². The average molecular weight is 148 g/mol. The molecule has 0 bridgehead atoms. The zero-order valence-electron chi connectivity index (χ0n) is 5.18. The third kappa shape index (κ3) is 1.86. The highest BCUT2D eigenvalue weighted by Gasteiger charge is 2.14. The van der Waals surface area contributed by atoms with Crippen LogP contribution in [-0.2, 0) is 0 Å². The lowest BCUT2D eigenvalue weighted by atomic mass is 9.98. The number of alkyl halides is 1. The summed E-state index contributed by atoms with van der Waals surface area (Å²) in [6.45, 7) is 0. The van der Waals surface area contributed by atoms with Gasteiger partial charge in [0, 0.05) is 5.38 Å². The second-order valence-electron chi connectivity index (χ2n) is 2.34. The van der Waals surface area contributed by atoms with E-state index in [4.69, 9.17) is 16.8 Å². The molecule has 2 nitrogen and oxygen atoms in total. The van der Waals surface area contributed by atoms with Gasteiger partial charge in [0.2, 0.25) is 0 Å². The van der Waals surface area contributed by atoms with Crippen molar-refractivity contribution in [2.24, 2.45) is 5.16 Å². The molecule has 1 fully saturated rings. The summed E-state index contributed by atoms with van der Waals surface area (Å²) in [4.78, 5) is 0. The molecule has 0 atom stereocenters. The van der Waals surface area contributed by atoms with Crippen molar-refractivity contribution in [1.82, 2.24) is 0 Å².